The first kappa shape index (κ1) is 15.4. The van der Waals surface area contributed by atoms with Gasteiger partial charge in [-0.1, -0.05) is 16.9 Å². The molecular weight excluding hydrogens is 304 g/mol. The van der Waals surface area contributed by atoms with E-state index >= 15 is 0 Å². The van der Waals surface area contributed by atoms with Gasteiger partial charge < -0.3 is 19.1 Å². The number of ether oxygens (including phenoxy) is 1. The maximum atomic E-state index is 5.07. The van der Waals surface area contributed by atoms with Gasteiger partial charge in [0.15, 0.2) is 11.0 Å². The van der Waals surface area contributed by atoms with Crippen molar-refractivity contribution in [2.24, 2.45) is 7.05 Å². The minimum Gasteiger partial charge on any atom is -0.375 e. The van der Waals surface area contributed by atoms with Crippen LogP contribution in [-0.4, -0.2) is 45.1 Å². The van der Waals surface area contributed by atoms with Crippen LogP contribution in [0.25, 0.3) is 0 Å². The Bertz CT molecular complexity index is 607. The van der Waals surface area contributed by atoms with Crippen LogP contribution in [0.5, 0.6) is 0 Å². The van der Waals surface area contributed by atoms with Crippen LogP contribution >= 0.6 is 11.8 Å². The maximum absolute atomic E-state index is 5.07. The molecule has 3 heterocycles. The summed E-state index contributed by atoms with van der Waals surface area (Å²) in [6.45, 7) is 2.43. The number of hydrogen-bond donors (Lipinski definition) is 1. The summed E-state index contributed by atoms with van der Waals surface area (Å²) in [5.74, 6) is 3.30. The molecule has 22 heavy (non-hydrogen) atoms. The molecule has 1 aliphatic rings. The van der Waals surface area contributed by atoms with Crippen molar-refractivity contribution in [1.82, 2.24) is 30.2 Å². The van der Waals surface area contributed by atoms with Crippen molar-refractivity contribution in [2.45, 2.75) is 36.3 Å². The molecule has 0 atom stereocenters. The first-order valence-corrected chi connectivity index (χ1v) is 8.29. The zero-order valence-corrected chi connectivity index (χ0v) is 13.6. The highest BCUT2D eigenvalue weighted by Gasteiger charge is 2.22. The number of nitrogens with zero attached hydrogens (tertiary/aromatic N) is 5. The van der Waals surface area contributed by atoms with E-state index in [1.54, 1.807) is 18.9 Å². The second kappa shape index (κ2) is 7.21. The van der Waals surface area contributed by atoms with Gasteiger partial charge in [-0.2, -0.15) is 4.98 Å². The monoisotopic (exact) mass is 324 g/mol. The number of methoxy groups -OCH3 is 1. The molecule has 1 saturated heterocycles. The Morgan fingerprint density at radius 2 is 2.18 bits per heavy atom. The van der Waals surface area contributed by atoms with E-state index in [1.165, 1.54) is 0 Å². The highest BCUT2D eigenvalue weighted by atomic mass is 32.2. The van der Waals surface area contributed by atoms with E-state index < -0.39 is 0 Å². The Kier molecular flexibility index (Phi) is 5.06. The molecule has 2 aromatic rings. The minimum absolute atomic E-state index is 0.335. The van der Waals surface area contributed by atoms with E-state index in [4.69, 9.17) is 9.26 Å². The van der Waals surface area contributed by atoms with Crippen molar-refractivity contribution in [1.29, 1.82) is 0 Å². The van der Waals surface area contributed by atoms with Crippen molar-refractivity contribution in [3.63, 3.8) is 0 Å². The predicted molar refractivity (Wildman–Crippen MR) is 80.4 cm³/mol. The summed E-state index contributed by atoms with van der Waals surface area (Å²) in [6, 6.07) is 0. The number of nitrogens with one attached hydrogen (secondary N) is 1. The van der Waals surface area contributed by atoms with E-state index in [0.717, 1.165) is 36.9 Å². The molecule has 0 radical (unpaired) electrons. The van der Waals surface area contributed by atoms with Crippen molar-refractivity contribution in [3.8, 4) is 0 Å². The smallest absolute Gasteiger partial charge is 0.252 e. The zero-order chi connectivity index (χ0) is 15.4. The Hall–Kier alpha value is -1.45. The average molecular weight is 324 g/mol. The van der Waals surface area contributed by atoms with Crippen LogP contribution in [0.3, 0.4) is 0 Å². The Labute approximate surface area is 133 Å². The highest BCUT2D eigenvalue weighted by molar-refractivity contribution is 7.98. The van der Waals surface area contributed by atoms with Crippen LogP contribution in [-0.2, 0) is 24.1 Å². The van der Waals surface area contributed by atoms with Crippen LogP contribution in [0.1, 0.15) is 36.3 Å². The molecule has 3 rings (SSSR count). The van der Waals surface area contributed by atoms with E-state index in [9.17, 15) is 0 Å². The van der Waals surface area contributed by atoms with E-state index in [1.807, 2.05) is 7.05 Å². The predicted octanol–water partition coefficient (Wildman–Crippen LogP) is 1.10. The van der Waals surface area contributed by atoms with E-state index in [2.05, 4.69) is 30.2 Å². The van der Waals surface area contributed by atoms with Gasteiger partial charge >= 0.3 is 0 Å². The summed E-state index contributed by atoms with van der Waals surface area (Å²) >= 11 is 1.56. The molecule has 8 nitrogen and oxygen atoms in total. The third kappa shape index (κ3) is 3.47. The van der Waals surface area contributed by atoms with Gasteiger partial charge in [-0.25, -0.2) is 0 Å². The van der Waals surface area contributed by atoms with Gasteiger partial charge in [0.25, 0.3) is 5.89 Å². The van der Waals surface area contributed by atoms with Gasteiger partial charge in [0.2, 0.25) is 0 Å². The van der Waals surface area contributed by atoms with Gasteiger partial charge in [-0.05, 0) is 25.9 Å². The first-order chi connectivity index (χ1) is 10.8. The first-order valence-electron chi connectivity index (χ1n) is 7.31. The fourth-order valence-corrected chi connectivity index (χ4v) is 3.31. The molecule has 0 spiro atoms. The second-order valence-electron chi connectivity index (χ2n) is 5.25. The Balaban J connectivity index is 1.61. The van der Waals surface area contributed by atoms with Crippen LogP contribution in [0.4, 0.5) is 0 Å². The number of piperidine rings is 1. The average Bonchev–Trinajstić information content (AvgIpc) is 3.13. The number of hydrogen-bond acceptors (Lipinski definition) is 8. The molecule has 0 amide bonds. The zero-order valence-electron chi connectivity index (χ0n) is 12.8. The van der Waals surface area contributed by atoms with E-state index in [-0.39, 0.29) is 0 Å². The standard InChI is InChI=1S/C13H20N6O2S/c1-19-12(9-3-5-14-6-4-9)16-17-13(19)22-8-10-15-11(7-20-2)21-18-10/h9,14H,3-8H2,1-2H3. The Morgan fingerprint density at radius 1 is 1.36 bits per heavy atom. The third-order valence-corrected chi connectivity index (χ3v) is 4.70. The van der Waals surface area contributed by atoms with Gasteiger partial charge in [-0.3, -0.25) is 0 Å². The maximum Gasteiger partial charge on any atom is 0.252 e. The SMILES string of the molecule is COCc1nc(CSc2nnc(C3CCNCC3)n2C)no1. The summed E-state index contributed by atoms with van der Waals surface area (Å²) in [6.07, 6.45) is 2.23. The molecule has 0 saturated carbocycles. The lowest BCUT2D eigenvalue weighted by molar-refractivity contribution is 0.151. The Morgan fingerprint density at radius 3 is 2.95 bits per heavy atom. The summed E-state index contributed by atoms with van der Waals surface area (Å²) < 4.78 is 12.1. The normalized spacial score (nSPS) is 16.3. The second-order valence-corrected chi connectivity index (χ2v) is 6.19. The largest absolute Gasteiger partial charge is 0.375 e. The van der Waals surface area contributed by atoms with Crippen LogP contribution in [0, 0.1) is 0 Å². The minimum atomic E-state index is 0.335. The quantitative estimate of drug-likeness (QED) is 0.790. The molecule has 1 fully saturated rings. The van der Waals surface area contributed by atoms with Crippen molar-refractivity contribution in [3.05, 3.63) is 17.5 Å². The summed E-state index contributed by atoms with van der Waals surface area (Å²) in [5, 5.41) is 16.8. The third-order valence-electron chi connectivity index (χ3n) is 3.68. The number of aromatic nitrogens is 5. The highest BCUT2D eigenvalue weighted by Crippen LogP contribution is 2.27. The molecule has 0 bridgehead atoms. The summed E-state index contributed by atoms with van der Waals surface area (Å²) in [7, 11) is 3.62. The molecule has 120 valence electrons. The molecule has 9 heteroatoms. The lowest BCUT2D eigenvalue weighted by Crippen LogP contribution is -2.27. The van der Waals surface area contributed by atoms with Crippen LogP contribution < -0.4 is 5.32 Å². The van der Waals surface area contributed by atoms with Crippen molar-refractivity contribution >= 4 is 11.8 Å². The van der Waals surface area contributed by atoms with Crippen LogP contribution in [0.15, 0.2) is 9.68 Å². The summed E-state index contributed by atoms with van der Waals surface area (Å²) in [5.41, 5.74) is 0. The lowest BCUT2D eigenvalue weighted by Gasteiger charge is -2.21. The van der Waals surface area contributed by atoms with E-state index in [0.29, 0.717) is 30.0 Å². The molecule has 0 aromatic carbocycles. The van der Waals surface area contributed by atoms with Gasteiger partial charge in [0, 0.05) is 20.1 Å². The fraction of sp³-hybridized carbons (Fsp3) is 0.692. The van der Waals surface area contributed by atoms with Gasteiger partial charge in [-0.15, -0.1) is 10.2 Å². The van der Waals surface area contributed by atoms with Gasteiger partial charge in [0.05, 0.1) is 5.75 Å². The fourth-order valence-electron chi connectivity index (χ4n) is 2.55. The molecule has 1 N–H and O–H groups in total. The van der Waals surface area contributed by atoms with Crippen LogP contribution in [0.2, 0.25) is 0 Å². The van der Waals surface area contributed by atoms with Gasteiger partial charge in [0.1, 0.15) is 12.4 Å². The van der Waals surface area contributed by atoms with Crippen molar-refractivity contribution in [2.75, 3.05) is 20.2 Å². The number of rotatable bonds is 6. The molecule has 0 aliphatic carbocycles. The molecular formula is C13H20N6O2S. The lowest BCUT2D eigenvalue weighted by atomic mass is 9.97. The summed E-state index contributed by atoms with van der Waals surface area (Å²) in [4.78, 5) is 4.25. The number of thioether (sulfide) groups is 1. The van der Waals surface area contributed by atoms with Crippen molar-refractivity contribution < 1.29 is 9.26 Å². The molecule has 2 aromatic heterocycles. The topological polar surface area (TPSA) is 90.9 Å². The molecule has 0 unspecified atom stereocenters. The molecule has 1 aliphatic heterocycles.